The summed E-state index contributed by atoms with van der Waals surface area (Å²) in [6.45, 7) is 6.80. The van der Waals surface area contributed by atoms with E-state index in [0.717, 1.165) is 29.7 Å². The number of carboxylic acids is 1. The van der Waals surface area contributed by atoms with E-state index in [1.54, 1.807) is 0 Å². The SMILES string of the molecule is CC(C)(C)CCC(NCc1ccc2c(c1)NC(=O)CC2)C(=O)O. The van der Waals surface area contributed by atoms with Crippen molar-refractivity contribution in [2.75, 3.05) is 5.32 Å². The first-order chi connectivity index (χ1) is 10.7. The third kappa shape index (κ3) is 5.36. The fourth-order valence-electron chi connectivity index (χ4n) is 2.66. The van der Waals surface area contributed by atoms with E-state index < -0.39 is 12.0 Å². The zero-order chi connectivity index (χ0) is 17.0. The molecule has 0 saturated carbocycles. The van der Waals surface area contributed by atoms with E-state index >= 15 is 0 Å². The molecule has 0 spiro atoms. The van der Waals surface area contributed by atoms with Crippen molar-refractivity contribution in [3.8, 4) is 0 Å². The van der Waals surface area contributed by atoms with Crippen LogP contribution in [0.2, 0.25) is 0 Å². The van der Waals surface area contributed by atoms with Gasteiger partial charge in [-0.3, -0.25) is 9.59 Å². The predicted octanol–water partition coefficient (Wildman–Crippen LogP) is 2.94. The van der Waals surface area contributed by atoms with E-state index in [1.807, 2.05) is 18.2 Å². The molecule has 1 heterocycles. The molecule has 0 radical (unpaired) electrons. The first-order valence-electron chi connectivity index (χ1n) is 8.12. The van der Waals surface area contributed by atoms with Crippen LogP contribution in [0.1, 0.15) is 51.2 Å². The average molecular weight is 318 g/mol. The van der Waals surface area contributed by atoms with Gasteiger partial charge in [-0.25, -0.2) is 0 Å². The number of fused-ring (bicyclic) bond motifs is 1. The molecule has 1 aliphatic rings. The van der Waals surface area contributed by atoms with Crippen LogP contribution in [0.4, 0.5) is 5.69 Å². The van der Waals surface area contributed by atoms with Crippen molar-refractivity contribution in [2.45, 2.75) is 59.0 Å². The minimum atomic E-state index is -0.819. The Morgan fingerprint density at radius 3 is 2.74 bits per heavy atom. The van der Waals surface area contributed by atoms with Crippen molar-refractivity contribution in [2.24, 2.45) is 5.41 Å². The molecule has 1 unspecified atom stereocenters. The highest BCUT2D eigenvalue weighted by atomic mass is 16.4. The molecule has 1 aromatic rings. The highest BCUT2D eigenvalue weighted by molar-refractivity contribution is 5.93. The quantitative estimate of drug-likeness (QED) is 0.753. The lowest BCUT2D eigenvalue weighted by Gasteiger charge is -2.22. The molecule has 0 fully saturated rings. The lowest BCUT2D eigenvalue weighted by Crippen LogP contribution is -2.37. The number of rotatable bonds is 6. The van der Waals surface area contributed by atoms with Crippen molar-refractivity contribution in [3.63, 3.8) is 0 Å². The van der Waals surface area contributed by atoms with Gasteiger partial charge in [-0.15, -0.1) is 0 Å². The van der Waals surface area contributed by atoms with Crippen LogP contribution < -0.4 is 10.6 Å². The van der Waals surface area contributed by atoms with Crippen LogP contribution in [0.5, 0.6) is 0 Å². The van der Waals surface area contributed by atoms with Gasteiger partial charge in [-0.1, -0.05) is 32.9 Å². The van der Waals surface area contributed by atoms with E-state index in [2.05, 4.69) is 31.4 Å². The molecule has 2 rings (SSSR count). The third-order valence-electron chi connectivity index (χ3n) is 4.10. The Kier molecular flexibility index (Phi) is 5.42. The molecule has 23 heavy (non-hydrogen) atoms. The molecule has 5 heteroatoms. The van der Waals surface area contributed by atoms with Crippen LogP contribution in [0.15, 0.2) is 18.2 Å². The Morgan fingerprint density at radius 2 is 2.09 bits per heavy atom. The number of hydrogen-bond acceptors (Lipinski definition) is 3. The van der Waals surface area contributed by atoms with E-state index in [4.69, 9.17) is 0 Å². The minimum absolute atomic E-state index is 0.0381. The summed E-state index contributed by atoms with van der Waals surface area (Å²) >= 11 is 0. The maximum Gasteiger partial charge on any atom is 0.320 e. The van der Waals surface area contributed by atoms with Gasteiger partial charge >= 0.3 is 5.97 Å². The third-order valence-corrected chi connectivity index (χ3v) is 4.10. The molecule has 0 aliphatic carbocycles. The van der Waals surface area contributed by atoms with Gasteiger partial charge < -0.3 is 15.7 Å². The number of anilines is 1. The maximum absolute atomic E-state index is 11.5. The maximum atomic E-state index is 11.5. The van der Waals surface area contributed by atoms with E-state index in [-0.39, 0.29) is 11.3 Å². The lowest BCUT2D eigenvalue weighted by molar-refractivity contribution is -0.139. The molecule has 1 aliphatic heterocycles. The van der Waals surface area contributed by atoms with Crippen LogP contribution >= 0.6 is 0 Å². The summed E-state index contributed by atoms with van der Waals surface area (Å²) in [5.41, 5.74) is 3.08. The number of nitrogens with one attached hydrogen (secondary N) is 2. The van der Waals surface area contributed by atoms with Crippen molar-refractivity contribution in [1.82, 2.24) is 5.32 Å². The number of carbonyl (C=O) groups is 2. The second kappa shape index (κ2) is 7.13. The highest BCUT2D eigenvalue weighted by Gasteiger charge is 2.21. The van der Waals surface area contributed by atoms with E-state index in [0.29, 0.717) is 19.4 Å². The Labute approximate surface area is 137 Å². The van der Waals surface area contributed by atoms with Crippen molar-refractivity contribution >= 4 is 17.6 Å². The lowest BCUT2D eigenvalue weighted by atomic mass is 9.88. The molecule has 5 nitrogen and oxygen atoms in total. The topological polar surface area (TPSA) is 78.4 Å². The first-order valence-corrected chi connectivity index (χ1v) is 8.12. The summed E-state index contributed by atoms with van der Waals surface area (Å²) < 4.78 is 0. The molecular weight excluding hydrogens is 292 g/mol. The van der Waals surface area contributed by atoms with Gasteiger partial charge in [0.1, 0.15) is 6.04 Å². The van der Waals surface area contributed by atoms with E-state index in [9.17, 15) is 14.7 Å². The van der Waals surface area contributed by atoms with Gasteiger partial charge in [0.15, 0.2) is 0 Å². The summed E-state index contributed by atoms with van der Waals surface area (Å²) in [5, 5.41) is 15.3. The number of carboxylic acid groups (broad SMARTS) is 1. The van der Waals surface area contributed by atoms with Crippen LogP contribution in [0.3, 0.4) is 0 Å². The molecule has 1 aromatic carbocycles. The van der Waals surface area contributed by atoms with E-state index in [1.165, 1.54) is 0 Å². The average Bonchev–Trinajstić information content (AvgIpc) is 2.45. The summed E-state index contributed by atoms with van der Waals surface area (Å²) in [7, 11) is 0. The molecule has 0 saturated heterocycles. The fraction of sp³-hybridized carbons (Fsp3) is 0.556. The van der Waals surface area contributed by atoms with Crippen molar-refractivity contribution in [3.05, 3.63) is 29.3 Å². The van der Waals surface area contributed by atoms with Gasteiger partial charge in [-0.05, 0) is 41.9 Å². The monoisotopic (exact) mass is 318 g/mol. The standard InChI is InChI=1S/C18H26N2O3/c1-18(2,3)9-8-14(17(22)23)19-11-12-4-5-13-6-7-16(21)20-15(13)10-12/h4-5,10,14,19H,6-9,11H2,1-3H3,(H,20,21)(H,22,23). The van der Waals surface area contributed by atoms with Gasteiger partial charge in [0, 0.05) is 18.7 Å². The Hall–Kier alpha value is -1.88. The number of carbonyl (C=O) groups excluding carboxylic acids is 1. The zero-order valence-corrected chi connectivity index (χ0v) is 14.1. The Balaban J connectivity index is 1.96. The normalized spacial score (nSPS) is 15.7. The van der Waals surface area contributed by atoms with Gasteiger partial charge in [-0.2, -0.15) is 0 Å². The summed E-state index contributed by atoms with van der Waals surface area (Å²) in [4.78, 5) is 22.9. The number of aliphatic carboxylic acids is 1. The second-order valence-electron chi connectivity index (χ2n) is 7.41. The van der Waals surface area contributed by atoms with Crippen LogP contribution in [-0.2, 0) is 22.6 Å². The highest BCUT2D eigenvalue weighted by Crippen LogP contribution is 2.24. The van der Waals surface area contributed by atoms with Gasteiger partial charge in [0.2, 0.25) is 5.91 Å². The van der Waals surface area contributed by atoms with Crippen molar-refractivity contribution in [1.29, 1.82) is 0 Å². The number of hydrogen-bond donors (Lipinski definition) is 3. The summed E-state index contributed by atoms with van der Waals surface area (Å²) in [6.07, 6.45) is 2.73. The molecule has 126 valence electrons. The molecule has 0 aromatic heterocycles. The summed E-state index contributed by atoms with van der Waals surface area (Å²) in [5.74, 6) is -0.781. The number of aryl methyl sites for hydroxylation is 1. The molecule has 3 N–H and O–H groups in total. The van der Waals surface area contributed by atoms with Crippen LogP contribution in [0.25, 0.3) is 0 Å². The summed E-state index contributed by atoms with van der Waals surface area (Å²) in [6, 6.07) is 5.38. The number of benzene rings is 1. The minimum Gasteiger partial charge on any atom is -0.480 e. The van der Waals surface area contributed by atoms with Crippen molar-refractivity contribution < 1.29 is 14.7 Å². The predicted molar refractivity (Wildman–Crippen MR) is 90.3 cm³/mol. The van der Waals surface area contributed by atoms with Crippen LogP contribution in [0, 0.1) is 5.41 Å². The van der Waals surface area contributed by atoms with Gasteiger partial charge in [0.25, 0.3) is 0 Å². The fourth-order valence-corrected chi connectivity index (χ4v) is 2.66. The first kappa shape index (κ1) is 17.5. The zero-order valence-electron chi connectivity index (χ0n) is 14.1. The largest absolute Gasteiger partial charge is 0.480 e. The second-order valence-corrected chi connectivity index (χ2v) is 7.41. The van der Waals surface area contributed by atoms with Crippen LogP contribution in [-0.4, -0.2) is 23.0 Å². The molecule has 1 atom stereocenters. The number of amides is 1. The van der Waals surface area contributed by atoms with Gasteiger partial charge in [0.05, 0.1) is 0 Å². The smallest absolute Gasteiger partial charge is 0.320 e. The Bertz CT molecular complexity index is 590. The molecule has 0 bridgehead atoms. The molecule has 1 amide bonds. The molecular formula is C18H26N2O3. The Morgan fingerprint density at radius 1 is 1.35 bits per heavy atom.